The Morgan fingerprint density at radius 3 is 2.63 bits per heavy atom. The number of aliphatic carboxylic acids is 1. The number of aryl methyl sites for hydroxylation is 1. The van der Waals surface area contributed by atoms with Gasteiger partial charge in [-0.15, -0.1) is 0 Å². The fourth-order valence-electron chi connectivity index (χ4n) is 2.64. The van der Waals surface area contributed by atoms with Gasteiger partial charge in [0.2, 0.25) is 0 Å². The lowest BCUT2D eigenvalue weighted by Crippen LogP contribution is -2.37. The smallest absolute Gasteiger partial charge is 0.347 e. The number of nitrogens with one attached hydrogen (secondary N) is 1. The summed E-state index contributed by atoms with van der Waals surface area (Å²) in [4.78, 5) is 15.6. The van der Waals surface area contributed by atoms with E-state index in [9.17, 15) is 4.79 Å². The standard InChI is InChI=1S/C21H24N2O4/c1-21(2,20(24)25)27-16-11-9-15(10-12-16)14-22-13-5-8-19-23-17-6-3-4-7-18(17)26-19/h3-4,6-7,9-12,22H,5,8,13-14H2,1-2H3,(H,24,25). The molecule has 6 heteroatoms. The van der Waals surface area contributed by atoms with E-state index >= 15 is 0 Å². The highest BCUT2D eigenvalue weighted by molar-refractivity contribution is 5.76. The van der Waals surface area contributed by atoms with Gasteiger partial charge in [-0.1, -0.05) is 24.3 Å². The minimum Gasteiger partial charge on any atom is -0.478 e. The maximum Gasteiger partial charge on any atom is 0.347 e. The zero-order chi connectivity index (χ0) is 19.3. The van der Waals surface area contributed by atoms with Crippen LogP contribution in [0.4, 0.5) is 0 Å². The second-order valence-corrected chi connectivity index (χ2v) is 6.92. The molecule has 0 spiro atoms. The lowest BCUT2D eigenvalue weighted by Gasteiger charge is -2.21. The Bertz CT molecular complexity index is 867. The first-order valence-electron chi connectivity index (χ1n) is 9.00. The molecule has 2 aromatic carbocycles. The summed E-state index contributed by atoms with van der Waals surface area (Å²) in [7, 11) is 0. The van der Waals surface area contributed by atoms with Crippen LogP contribution in [0, 0.1) is 0 Å². The number of rotatable bonds is 9. The SMILES string of the molecule is CC(C)(Oc1ccc(CNCCCc2nc3ccccc3o2)cc1)C(=O)O. The van der Waals surface area contributed by atoms with Crippen molar-refractivity contribution in [3.63, 3.8) is 0 Å². The van der Waals surface area contributed by atoms with Gasteiger partial charge in [-0.2, -0.15) is 0 Å². The number of carboxylic acid groups (broad SMARTS) is 1. The minimum atomic E-state index is -1.25. The van der Waals surface area contributed by atoms with Crippen molar-refractivity contribution < 1.29 is 19.1 Å². The van der Waals surface area contributed by atoms with E-state index in [-0.39, 0.29) is 0 Å². The molecule has 1 aromatic heterocycles. The van der Waals surface area contributed by atoms with Gasteiger partial charge in [-0.25, -0.2) is 9.78 Å². The molecule has 0 bridgehead atoms. The number of ether oxygens (including phenoxy) is 1. The van der Waals surface area contributed by atoms with Gasteiger partial charge >= 0.3 is 5.97 Å². The van der Waals surface area contributed by atoms with E-state index in [4.69, 9.17) is 14.3 Å². The van der Waals surface area contributed by atoms with Crippen LogP contribution in [0.5, 0.6) is 5.75 Å². The number of oxazole rings is 1. The van der Waals surface area contributed by atoms with Gasteiger partial charge in [0.05, 0.1) is 0 Å². The van der Waals surface area contributed by atoms with Crippen LogP contribution in [0.3, 0.4) is 0 Å². The maximum atomic E-state index is 11.1. The van der Waals surface area contributed by atoms with E-state index in [1.807, 2.05) is 36.4 Å². The Hall–Kier alpha value is -2.86. The summed E-state index contributed by atoms with van der Waals surface area (Å²) in [5, 5.41) is 12.5. The molecule has 0 saturated heterocycles. The first-order chi connectivity index (χ1) is 12.9. The van der Waals surface area contributed by atoms with Crippen LogP contribution in [0.1, 0.15) is 31.7 Å². The largest absolute Gasteiger partial charge is 0.478 e. The fraction of sp³-hybridized carbons (Fsp3) is 0.333. The van der Waals surface area contributed by atoms with E-state index in [1.54, 1.807) is 12.1 Å². The molecule has 0 saturated carbocycles. The van der Waals surface area contributed by atoms with Crippen LogP contribution >= 0.6 is 0 Å². The first-order valence-corrected chi connectivity index (χ1v) is 9.00. The third-order valence-electron chi connectivity index (χ3n) is 4.22. The van der Waals surface area contributed by atoms with Crippen LogP contribution < -0.4 is 10.1 Å². The highest BCUT2D eigenvalue weighted by Gasteiger charge is 2.29. The van der Waals surface area contributed by atoms with Gasteiger partial charge < -0.3 is 19.6 Å². The Labute approximate surface area is 158 Å². The summed E-state index contributed by atoms with van der Waals surface area (Å²) in [6, 6.07) is 15.2. The van der Waals surface area contributed by atoms with Crippen molar-refractivity contribution in [3.05, 3.63) is 60.0 Å². The number of carboxylic acids is 1. The summed E-state index contributed by atoms with van der Waals surface area (Å²) in [5.41, 5.74) is 1.59. The van der Waals surface area contributed by atoms with Crippen LogP contribution in [0.2, 0.25) is 0 Å². The molecular weight excluding hydrogens is 344 g/mol. The van der Waals surface area contributed by atoms with Gasteiger partial charge in [0.15, 0.2) is 17.1 Å². The molecule has 142 valence electrons. The van der Waals surface area contributed by atoms with E-state index in [2.05, 4.69) is 10.3 Å². The molecule has 0 aliphatic rings. The molecule has 0 unspecified atom stereocenters. The Morgan fingerprint density at radius 1 is 1.19 bits per heavy atom. The van der Waals surface area contributed by atoms with Crippen molar-refractivity contribution >= 4 is 17.1 Å². The van der Waals surface area contributed by atoms with Crippen molar-refractivity contribution in [1.82, 2.24) is 10.3 Å². The topological polar surface area (TPSA) is 84.6 Å². The van der Waals surface area contributed by atoms with E-state index in [1.165, 1.54) is 13.8 Å². The molecule has 2 N–H and O–H groups in total. The summed E-state index contributed by atoms with van der Waals surface area (Å²) in [6.45, 7) is 4.64. The Balaban J connectivity index is 1.40. The van der Waals surface area contributed by atoms with Crippen LogP contribution in [-0.2, 0) is 17.8 Å². The van der Waals surface area contributed by atoms with Crippen molar-refractivity contribution in [2.75, 3.05) is 6.54 Å². The zero-order valence-corrected chi connectivity index (χ0v) is 15.6. The highest BCUT2D eigenvalue weighted by atomic mass is 16.5. The van der Waals surface area contributed by atoms with Gasteiger partial charge in [-0.05, 0) is 56.6 Å². The predicted molar refractivity (Wildman–Crippen MR) is 103 cm³/mol. The Kier molecular flexibility index (Phi) is 5.76. The monoisotopic (exact) mass is 368 g/mol. The number of benzene rings is 2. The summed E-state index contributed by atoms with van der Waals surface area (Å²) in [5.74, 6) is 0.315. The van der Waals surface area contributed by atoms with E-state index in [0.717, 1.165) is 48.5 Å². The van der Waals surface area contributed by atoms with Crippen LogP contribution in [0.25, 0.3) is 11.1 Å². The molecule has 1 heterocycles. The van der Waals surface area contributed by atoms with Gasteiger partial charge in [0.1, 0.15) is 11.3 Å². The summed E-state index contributed by atoms with van der Waals surface area (Å²) < 4.78 is 11.2. The molecule has 0 amide bonds. The second kappa shape index (κ2) is 8.22. The quantitative estimate of drug-likeness (QED) is 0.559. The molecule has 3 aromatic rings. The average molecular weight is 368 g/mol. The van der Waals surface area contributed by atoms with Crippen molar-refractivity contribution in [1.29, 1.82) is 0 Å². The number of hydrogen-bond acceptors (Lipinski definition) is 5. The number of carbonyl (C=O) groups is 1. The fourth-order valence-corrected chi connectivity index (χ4v) is 2.64. The van der Waals surface area contributed by atoms with Crippen molar-refractivity contribution in [3.8, 4) is 5.75 Å². The molecular formula is C21H24N2O4. The average Bonchev–Trinajstić information content (AvgIpc) is 3.05. The Morgan fingerprint density at radius 2 is 1.93 bits per heavy atom. The number of para-hydroxylation sites is 2. The van der Waals surface area contributed by atoms with Gasteiger partial charge in [0.25, 0.3) is 0 Å². The molecule has 0 fully saturated rings. The number of fused-ring (bicyclic) bond motifs is 1. The van der Waals surface area contributed by atoms with E-state index < -0.39 is 11.6 Å². The molecule has 0 aliphatic carbocycles. The normalized spacial score (nSPS) is 11.6. The first kappa shape index (κ1) is 18.9. The molecule has 27 heavy (non-hydrogen) atoms. The molecule has 3 rings (SSSR count). The van der Waals surface area contributed by atoms with Crippen molar-refractivity contribution in [2.45, 2.75) is 38.8 Å². The molecule has 6 nitrogen and oxygen atoms in total. The number of nitrogens with zero attached hydrogens (tertiary/aromatic N) is 1. The lowest BCUT2D eigenvalue weighted by atomic mass is 10.1. The number of hydrogen-bond donors (Lipinski definition) is 2. The van der Waals surface area contributed by atoms with E-state index in [0.29, 0.717) is 5.75 Å². The van der Waals surface area contributed by atoms with Crippen molar-refractivity contribution in [2.24, 2.45) is 0 Å². The van der Waals surface area contributed by atoms with Crippen LogP contribution in [-0.4, -0.2) is 28.2 Å². The van der Waals surface area contributed by atoms with Gasteiger partial charge in [-0.3, -0.25) is 0 Å². The van der Waals surface area contributed by atoms with Crippen LogP contribution in [0.15, 0.2) is 52.9 Å². The highest BCUT2D eigenvalue weighted by Crippen LogP contribution is 2.19. The lowest BCUT2D eigenvalue weighted by molar-refractivity contribution is -0.152. The minimum absolute atomic E-state index is 0.544. The summed E-state index contributed by atoms with van der Waals surface area (Å²) in [6.07, 6.45) is 1.72. The third-order valence-corrected chi connectivity index (χ3v) is 4.22. The maximum absolute atomic E-state index is 11.1. The molecule has 0 aliphatic heterocycles. The molecule has 0 radical (unpaired) electrons. The predicted octanol–water partition coefficient (Wildman–Crippen LogP) is 3.79. The van der Waals surface area contributed by atoms with Gasteiger partial charge in [0, 0.05) is 13.0 Å². The third kappa shape index (κ3) is 5.08. The zero-order valence-electron chi connectivity index (χ0n) is 15.6. The summed E-state index contributed by atoms with van der Waals surface area (Å²) >= 11 is 0. The molecule has 0 atom stereocenters. The number of aromatic nitrogens is 1. The second-order valence-electron chi connectivity index (χ2n) is 6.92.